The number of nitrogens with zero attached hydrogens (tertiary/aromatic N) is 3. The molecule has 9 heteroatoms. The van der Waals surface area contributed by atoms with Crippen molar-refractivity contribution in [2.75, 3.05) is 26.0 Å². The molecular weight excluding hydrogens is 422 g/mol. The van der Waals surface area contributed by atoms with Crippen LogP contribution in [0.25, 0.3) is 11.7 Å². The minimum absolute atomic E-state index is 0.0489. The highest BCUT2D eigenvalue weighted by Gasteiger charge is 2.14. The summed E-state index contributed by atoms with van der Waals surface area (Å²) < 4.78 is 17.2. The van der Waals surface area contributed by atoms with E-state index >= 15 is 0 Å². The SMILES string of the molecule is CN(CCOc1ccc(Br)cc1)C(=O)CSc1nnc(-c2ccco2)o1. The Labute approximate surface area is 162 Å². The summed E-state index contributed by atoms with van der Waals surface area (Å²) in [5.41, 5.74) is 0. The first-order chi connectivity index (χ1) is 12.6. The fraction of sp³-hybridized carbons (Fsp3) is 0.235. The highest BCUT2D eigenvalue weighted by Crippen LogP contribution is 2.23. The van der Waals surface area contributed by atoms with Crippen LogP contribution in [-0.4, -0.2) is 47.0 Å². The Kier molecular flexibility index (Phi) is 6.35. The third-order valence-electron chi connectivity index (χ3n) is 3.39. The fourth-order valence-electron chi connectivity index (χ4n) is 1.96. The Hall–Kier alpha value is -2.26. The van der Waals surface area contributed by atoms with E-state index in [4.69, 9.17) is 13.6 Å². The molecule has 0 bridgehead atoms. The molecule has 0 aliphatic carbocycles. The predicted molar refractivity (Wildman–Crippen MR) is 100.0 cm³/mol. The van der Waals surface area contributed by atoms with E-state index in [9.17, 15) is 4.79 Å². The van der Waals surface area contributed by atoms with Crippen molar-refractivity contribution in [1.82, 2.24) is 15.1 Å². The number of hydrogen-bond acceptors (Lipinski definition) is 7. The van der Waals surface area contributed by atoms with Crippen LogP contribution < -0.4 is 4.74 Å². The van der Waals surface area contributed by atoms with Gasteiger partial charge in [-0.15, -0.1) is 10.2 Å². The maximum atomic E-state index is 12.2. The first-order valence-corrected chi connectivity index (χ1v) is 9.52. The molecule has 0 saturated carbocycles. The molecule has 0 spiro atoms. The van der Waals surface area contributed by atoms with E-state index in [0.29, 0.717) is 30.0 Å². The number of aromatic nitrogens is 2. The summed E-state index contributed by atoms with van der Waals surface area (Å²) in [6, 6.07) is 11.0. The topological polar surface area (TPSA) is 81.6 Å². The van der Waals surface area contributed by atoms with Crippen LogP contribution in [0, 0.1) is 0 Å². The molecule has 0 saturated heterocycles. The Morgan fingerprint density at radius 2 is 2.08 bits per heavy atom. The van der Waals surface area contributed by atoms with E-state index < -0.39 is 0 Å². The van der Waals surface area contributed by atoms with Gasteiger partial charge in [0.25, 0.3) is 11.1 Å². The Morgan fingerprint density at radius 1 is 1.27 bits per heavy atom. The highest BCUT2D eigenvalue weighted by atomic mass is 79.9. The van der Waals surface area contributed by atoms with Gasteiger partial charge in [-0.25, -0.2) is 0 Å². The van der Waals surface area contributed by atoms with Crippen LogP contribution in [0.3, 0.4) is 0 Å². The summed E-state index contributed by atoms with van der Waals surface area (Å²) in [4.78, 5) is 13.8. The first-order valence-electron chi connectivity index (χ1n) is 7.74. The molecule has 0 atom stereocenters. The smallest absolute Gasteiger partial charge is 0.284 e. The molecule has 0 radical (unpaired) electrons. The lowest BCUT2D eigenvalue weighted by atomic mass is 10.3. The summed E-state index contributed by atoms with van der Waals surface area (Å²) in [6.07, 6.45) is 1.53. The van der Waals surface area contributed by atoms with Crippen molar-refractivity contribution in [1.29, 1.82) is 0 Å². The molecule has 0 aliphatic heterocycles. The van der Waals surface area contributed by atoms with E-state index in [1.165, 1.54) is 18.0 Å². The van der Waals surface area contributed by atoms with Crippen LogP contribution in [0.15, 0.2) is 61.2 Å². The molecule has 136 valence electrons. The van der Waals surface area contributed by atoms with Crippen molar-refractivity contribution >= 4 is 33.6 Å². The van der Waals surface area contributed by atoms with Crippen LogP contribution in [0.4, 0.5) is 0 Å². The van der Waals surface area contributed by atoms with Gasteiger partial charge in [0.1, 0.15) is 12.4 Å². The highest BCUT2D eigenvalue weighted by molar-refractivity contribution is 9.10. The van der Waals surface area contributed by atoms with Crippen LogP contribution >= 0.6 is 27.7 Å². The zero-order chi connectivity index (χ0) is 18.4. The summed E-state index contributed by atoms with van der Waals surface area (Å²) in [5.74, 6) is 1.71. The molecule has 3 aromatic rings. The van der Waals surface area contributed by atoms with Gasteiger partial charge in [-0.2, -0.15) is 0 Å². The minimum atomic E-state index is -0.0489. The zero-order valence-corrected chi connectivity index (χ0v) is 16.3. The van der Waals surface area contributed by atoms with Crippen molar-refractivity contribution < 1.29 is 18.4 Å². The minimum Gasteiger partial charge on any atom is -0.492 e. The molecule has 1 amide bonds. The Morgan fingerprint density at radius 3 is 2.81 bits per heavy atom. The molecule has 0 aliphatic rings. The number of amides is 1. The number of ether oxygens (including phenoxy) is 1. The number of benzene rings is 1. The quantitative estimate of drug-likeness (QED) is 0.496. The van der Waals surface area contributed by atoms with Gasteiger partial charge in [0.2, 0.25) is 5.91 Å². The lowest BCUT2D eigenvalue weighted by Crippen LogP contribution is -2.32. The van der Waals surface area contributed by atoms with Crippen LogP contribution in [0.2, 0.25) is 0 Å². The first kappa shape index (κ1) is 18.5. The standard InChI is InChI=1S/C17H16BrN3O4S/c1-21(8-10-23-13-6-4-12(18)5-7-13)15(22)11-26-17-20-19-16(25-17)14-3-2-9-24-14/h2-7,9H,8,10-11H2,1H3. The van der Waals surface area contributed by atoms with Crippen LogP contribution in [-0.2, 0) is 4.79 Å². The second-order valence-electron chi connectivity index (χ2n) is 5.26. The molecule has 0 fully saturated rings. The normalized spacial score (nSPS) is 10.7. The molecular formula is C17H16BrN3O4S. The lowest BCUT2D eigenvalue weighted by molar-refractivity contribution is -0.127. The maximum Gasteiger partial charge on any atom is 0.284 e. The lowest BCUT2D eigenvalue weighted by Gasteiger charge is -2.16. The van der Waals surface area contributed by atoms with Crippen molar-refractivity contribution in [3.8, 4) is 17.4 Å². The van der Waals surface area contributed by atoms with E-state index in [-0.39, 0.29) is 11.7 Å². The summed E-state index contributed by atoms with van der Waals surface area (Å²) in [6.45, 7) is 0.897. The van der Waals surface area contributed by atoms with Gasteiger partial charge in [0, 0.05) is 11.5 Å². The van der Waals surface area contributed by atoms with Crippen LogP contribution in [0.5, 0.6) is 5.75 Å². The van der Waals surface area contributed by atoms with Crippen molar-refractivity contribution in [3.63, 3.8) is 0 Å². The summed E-state index contributed by atoms with van der Waals surface area (Å²) >= 11 is 4.56. The number of rotatable bonds is 8. The molecule has 2 aromatic heterocycles. The summed E-state index contributed by atoms with van der Waals surface area (Å²) in [5, 5.41) is 8.11. The van der Waals surface area contributed by atoms with Gasteiger partial charge in [0.05, 0.1) is 18.6 Å². The second kappa shape index (κ2) is 8.91. The van der Waals surface area contributed by atoms with E-state index in [1.54, 1.807) is 24.1 Å². The molecule has 2 heterocycles. The number of likely N-dealkylation sites (N-methyl/N-ethyl adjacent to an activating group) is 1. The van der Waals surface area contributed by atoms with Gasteiger partial charge in [-0.1, -0.05) is 27.7 Å². The van der Waals surface area contributed by atoms with Gasteiger partial charge in [-0.3, -0.25) is 4.79 Å². The Balaban J connectivity index is 1.40. The van der Waals surface area contributed by atoms with Gasteiger partial charge >= 0.3 is 0 Å². The van der Waals surface area contributed by atoms with Crippen LogP contribution in [0.1, 0.15) is 0 Å². The molecule has 7 nitrogen and oxygen atoms in total. The molecule has 0 unspecified atom stereocenters. The fourth-order valence-corrected chi connectivity index (χ4v) is 2.93. The average Bonchev–Trinajstić information content (AvgIpc) is 3.32. The van der Waals surface area contributed by atoms with Crippen molar-refractivity contribution in [3.05, 3.63) is 47.1 Å². The number of carbonyl (C=O) groups excluding carboxylic acids is 1. The number of hydrogen-bond donors (Lipinski definition) is 0. The Bertz CT molecular complexity index is 836. The molecule has 26 heavy (non-hydrogen) atoms. The average molecular weight is 438 g/mol. The zero-order valence-electron chi connectivity index (χ0n) is 13.9. The molecule has 1 aromatic carbocycles. The largest absolute Gasteiger partial charge is 0.492 e. The number of halogens is 1. The monoisotopic (exact) mass is 437 g/mol. The molecule has 0 N–H and O–H groups in total. The third-order valence-corrected chi connectivity index (χ3v) is 4.72. The van der Waals surface area contributed by atoms with Crippen molar-refractivity contribution in [2.24, 2.45) is 0 Å². The van der Waals surface area contributed by atoms with Gasteiger partial charge in [0.15, 0.2) is 5.76 Å². The third kappa shape index (κ3) is 5.12. The molecule has 3 rings (SSSR count). The summed E-state index contributed by atoms with van der Waals surface area (Å²) in [7, 11) is 1.73. The number of furan rings is 1. The predicted octanol–water partition coefficient (Wildman–Crippen LogP) is 3.72. The number of thioether (sulfide) groups is 1. The van der Waals surface area contributed by atoms with Crippen molar-refractivity contribution in [2.45, 2.75) is 5.22 Å². The van der Waals surface area contributed by atoms with E-state index in [2.05, 4.69) is 26.1 Å². The van der Waals surface area contributed by atoms with Gasteiger partial charge < -0.3 is 18.5 Å². The maximum absolute atomic E-state index is 12.2. The van der Waals surface area contributed by atoms with E-state index in [0.717, 1.165) is 10.2 Å². The number of carbonyl (C=O) groups is 1. The van der Waals surface area contributed by atoms with Gasteiger partial charge in [-0.05, 0) is 36.4 Å². The van der Waals surface area contributed by atoms with E-state index in [1.807, 2.05) is 24.3 Å². The second-order valence-corrected chi connectivity index (χ2v) is 7.10.